The van der Waals surface area contributed by atoms with Crippen LogP contribution in [0.4, 0.5) is 0 Å². The summed E-state index contributed by atoms with van der Waals surface area (Å²) in [6, 6.07) is 8.67. The Morgan fingerprint density at radius 2 is 1.96 bits per heavy atom. The van der Waals surface area contributed by atoms with Crippen molar-refractivity contribution in [2.45, 2.75) is 32.9 Å². The van der Waals surface area contributed by atoms with Gasteiger partial charge in [-0.2, -0.15) is 4.80 Å². The predicted octanol–water partition coefficient (Wildman–Crippen LogP) is 1.04. The van der Waals surface area contributed by atoms with Gasteiger partial charge in [-0.25, -0.2) is 4.79 Å². The van der Waals surface area contributed by atoms with Crippen LogP contribution in [0.15, 0.2) is 30.3 Å². The molecule has 0 fully saturated rings. The first-order valence-corrected chi connectivity index (χ1v) is 7.70. The van der Waals surface area contributed by atoms with E-state index in [0.717, 1.165) is 5.56 Å². The molecule has 1 heterocycles. The van der Waals surface area contributed by atoms with Crippen LogP contribution in [0.3, 0.4) is 0 Å². The molecule has 0 unspecified atom stereocenters. The van der Waals surface area contributed by atoms with Crippen molar-refractivity contribution in [1.82, 2.24) is 25.5 Å². The highest BCUT2D eigenvalue weighted by molar-refractivity contribution is 5.84. The largest absolute Gasteiger partial charge is 0.467 e. The molecule has 1 amide bonds. The molecule has 2 aromatic rings. The van der Waals surface area contributed by atoms with E-state index < -0.39 is 12.0 Å². The van der Waals surface area contributed by atoms with E-state index in [-0.39, 0.29) is 18.4 Å². The molecule has 128 valence electrons. The molecular formula is C16H21N5O3. The number of hydrogen-bond acceptors (Lipinski definition) is 6. The quantitative estimate of drug-likeness (QED) is 0.761. The molecule has 0 aliphatic rings. The summed E-state index contributed by atoms with van der Waals surface area (Å²) < 4.78 is 4.72. The summed E-state index contributed by atoms with van der Waals surface area (Å²) in [5, 5.41) is 14.6. The van der Waals surface area contributed by atoms with Gasteiger partial charge in [0.2, 0.25) is 11.7 Å². The van der Waals surface area contributed by atoms with E-state index in [1.807, 2.05) is 44.2 Å². The van der Waals surface area contributed by atoms with Crippen molar-refractivity contribution < 1.29 is 14.3 Å². The molecule has 1 N–H and O–H groups in total. The fraction of sp³-hybridized carbons (Fsp3) is 0.438. The van der Waals surface area contributed by atoms with Crippen molar-refractivity contribution in [2.75, 3.05) is 7.11 Å². The van der Waals surface area contributed by atoms with Crippen molar-refractivity contribution in [3.63, 3.8) is 0 Å². The maximum absolute atomic E-state index is 12.1. The maximum atomic E-state index is 12.1. The van der Waals surface area contributed by atoms with Gasteiger partial charge in [-0.1, -0.05) is 44.2 Å². The lowest BCUT2D eigenvalue weighted by Gasteiger charge is -2.17. The van der Waals surface area contributed by atoms with Crippen molar-refractivity contribution in [1.29, 1.82) is 0 Å². The molecule has 24 heavy (non-hydrogen) atoms. The third kappa shape index (κ3) is 4.87. The zero-order valence-electron chi connectivity index (χ0n) is 14.0. The van der Waals surface area contributed by atoms with Gasteiger partial charge < -0.3 is 10.1 Å². The molecule has 0 saturated carbocycles. The molecular weight excluding hydrogens is 310 g/mol. The molecule has 0 bridgehead atoms. The molecule has 1 aromatic heterocycles. The van der Waals surface area contributed by atoms with E-state index >= 15 is 0 Å². The zero-order chi connectivity index (χ0) is 17.5. The Hall–Kier alpha value is -2.77. The second kappa shape index (κ2) is 8.19. The second-order valence-electron chi connectivity index (χ2n) is 5.78. The van der Waals surface area contributed by atoms with Crippen LogP contribution in [-0.4, -0.2) is 45.2 Å². The molecule has 0 spiro atoms. The van der Waals surface area contributed by atoms with Crippen LogP contribution in [0.25, 0.3) is 11.4 Å². The summed E-state index contributed by atoms with van der Waals surface area (Å²) in [6.07, 6.45) is 0.498. The lowest BCUT2D eigenvalue weighted by molar-refractivity contribution is -0.145. The van der Waals surface area contributed by atoms with Crippen LogP contribution in [0.5, 0.6) is 0 Å². The van der Waals surface area contributed by atoms with Crippen LogP contribution in [0, 0.1) is 5.92 Å². The Bertz CT molecular complexity index is 684. The van der Waals surface area contributed by atoms with Crippen LogP contribution >= 0.6 is 0 Å². The summed E-state index contributed by atoms with van der Waals surface area (Å²) >= 11 is 0. The fourth-order valence-corrected chi connectivity index (χ4v) is 2.21. The van der Waals surface area contributed by atoms with Gasteiger partial charge in [0.1, 0.15) is 12.6 Å². The average molecular weight is 331 g/mol. The van der Waals surface area contributed by atoms with Crippen molar-refractivity contribution in [2.24, 2.45) is 5.92 Å². The number of tetrazole rings is 1. The maximum Gasteiger partial charge on any atom is 0.328 e. The average Bonchev–Trinajstić information content (AvgIpc) is 3.02. The summed E-state index contributed by atoms with van der Waals surface area (Å²) in [7, 11) is 1.30. The number of methoxy groups -OCH3 is 1. The van der Waals surface area contributed by atoms with Crippen LogP contribution in [-0.2, 0) is 20.9 Å². The molecule has 0 aliphatic heterocycles. The lowest BCUT2D eigenvalue weighted by atomic mass is 10.0. The number of amides is 1. The summed E-state index contributed by atoms with van der Waals surface area (Å²) in [6.45, 7) is 3.81. The summed E-state index contributed by atoms with van der Waals surface area (Å²) in [5.41, 5.74) is 0.816. The minimum atomic E-state index is -0.681. The first-order chi connectivity index (χ1) is 11.5. The van der Waals surface area contributed by atoms with Gasteiger partial charge >= 0.3 is 5.97 Å². The number of carbonyl (C=O) groups excluding carboxylic acids is 2. The molecule has 0 saturated heterocycles. The molecule has 1 atom stereocenters. The minimum absolute atomic E-state index is 0.120. The van der Waals surface area contributed by atoms with Gasteiger partial charge in [-0.05, 0) is 17.6 Å². The lowest BCUT2D eigenvalue weighted by Crippen LogP contribution is -2.43. The van der Waals surface area contributed by atoms with Crippen LogP contribution in [0.1, 0.15) is 20.3 Å². The van der Waals surface area contributed by atoms with E-state index in [1.54, 1.807) is 0 Å². The fourth-order valence-electron chi connectivity index (χ4n) is 2.21. The summed E-state index contributed by atoms with van der Waals surface area (Å²) in [4.78, 5) is 25.1. The minimum Gasteiger partial charge on any atom is -0.467 e. The Balaban J connectivity index is 1.99. The van der Waals surface area contributed by atoms with E-state index in [9.17, 15) is 9.59 Å². The highest BCUT2D eigenvalue weighted by Gasteiger charge is 2.23. The highest BCUT2D eigenvalue weighted by Crippen LogP contribution is 2.11. The van der Waals surface area contributed by atoms with Gasteiger partial charge in [0.15, 0.2) is 0 Å². The summed E-state index contributed by atoms with van der Waals surface area (Å²) in [5.74, 6) is -0.157. The zero-order valence-corrected chi connectivity index (χ0v) is 14.0. The Kier molecular flexibility index (Phi) is 6.00. The van der Waals surface area contributed by atoms with E-state index in [0.29, 0.717) is 12.2 Å². The van der Waals surface area contributed by atoms with Gasteiger partial charge in [0.05, 0.1) is 7.11 Å². The number of nitrogens with one attached hydrogen (secondary N) is 1. The highest BCUT2D eigenvalue weighted by atomic mass is 16.5. The van der Waals surface area contributed by atoms with Crippen LogP contribution in [0.2, 0.25) is 0 Å². The number of aromatic nitrogens is 4. The number of carbonyl (C=O) groups is 2. The standard InChI is InChI=1S/C16H21N5O3/c1-11(2)9-13(16(23)24-3)17-14(22)10-21-19-15(18-20-21)12-7-5-4-6-8-12/h4-8,11,13H,9-10H2,1-3H3,(H,17,22)/t13-/m1/s1. The van der Waals surface area contributed by atoms with Crippen molar-refractivity contribution in [3.05, 3.63) is 30.3 Å². The van der Waals surface area contributed by atoms with Gasteiger partial charge in [-0.15, -0.1) is 10.2 Å². The van der Waals surface area contributed by atoms with E-state index in [4.69, 9.17) is 4.74 Å². The van der Waals surface area contributed by atoms with E-state index in [2.05, 4.69) is 20.7 Å². The van der Waals surface area contributed by atoms with Crippen molar-refractivity contribution >= 4 is 11.9 Å². The monoisotopic (exact) mass is 331 g/mol. The SMILES string of the molecule is COC(=O)[C@@H](CC(C)C)NC(=O)Cn1nnc(-c2ccccc2)n1. The Morgan fingerprint density at radius 1 is 1.25 bits per heavy atom. The molecule has 1 aromatic carbocycles. The number of hydrogen-bond donors (Lipinski definition) is 1. The first-order valence-electron chi connectivity index (χ1n) is 7.70. The van der Waals surface area contributed by atoms with Gasteiger partial charge in [0, 0.05) is 5.56 Å². The Morgan fingerprint density at radius 3 is 2.58 bits per heavy atom. The molecule has 0 aliphatic carbocycles. The Labute approximate surface area is 140 Å². The molecule has 8 nitrogen and oxygen atoms in total. The predicted molar refractivity (Wildman–Crippen MR) is 86.7 cm³/mol. The topological polar surface area (TPSA) is 99.0 Å². The molecule has 0 radical (unpaired) electrons. The second-order valence-corrected chi connectivity index (χ2v) is 5.78. The van der Waals surface area contributed by atoms with Gasteiger partial charge in [-0.3, -0.25) is 4.79 Å². The number of benzene rings is 1. The molecule has 2 rings (SSSR count). The number of esters is 1. The number of rotatable bonds is 7. The normalized spacial score (nSPS) is 12.0. The third-order valence-electron chi connectivity index (χ3n) is 3.30. The van der Waals surface area contributed by atoms with Crippen LogP contribution < -0.4 is 5.32 Å². The van der Waals surface area contributed by atoms with Crippen molar-refractivity contribution in [3.8, 4) is 11.4 Å². The molecule has 8 heteroatoms. The smallest absolute Gasteiger partial charge is 0.328 e. The third-order valence-corrected chi connectivity index (χ3v) is 3.30. The van der Waals surface area contributed by atoms with E-state index in [1.165, 1.54) is 11.9 Å². The number of nitrogens with zero attached hydrogens (tertiary/aromatic N) is 4. The van der Waals surface area contributed by atoms with Gasteiger partial charge in [0.25, 0.3) is 0 Å². The first kappa shape index (κ1) is 17.6. The number of ether oxygens (including phenoxy) is 1.